The summed E-state index contributed by atoms with van der Waals surface area (Å²) in [6, 6.07) is 5.86. The molecule has 1 saturated heterocycles. The smallest absolute Gasteiger partial charge is 0.276 e. The Kier molecular flexibility index (Phi) is 3.65. The van der Waals surface area contributed by atoms with Crippen LogP contribution in [0.4, 0.5) is 0 Å². The van der Waals surface area contributed by atoms with Gasteiger partial charge in [-0.15, -0.1) is 0 Å². The van der Waals surface area contributed by atoms with Crippen LogP contribution in [0.3, 0.4) is 0 Å². The number of pyridine rings is 1. The number of fused-ring (bicyclic) bond motifs is 2. The molecule has 2 fully saturated rings. The summed E-state index contributed by atoms with van der Waals surface area (Å²) >= 11 is 0. The van der Waals surface area contributed by atoms with Crippen LogP contribution in [0, 0.1) is 13.8 Å². The van der Waals surface area contributed by atoms with Crippen molar-refractivity contribution in [3.05, 3.63) is 52.2 Å². The lowest BCUT2D eigenvalue weighted by Gasteiger charge is -2.30. The van der Waals surface area contributed by atoms with Crippen molar-refractivity contribution in [2.75, 3.05) is 6.54 Å². The third-order valence-electron chi connectivity index (χ3n) is 6.46. The molecule has 4 aromatic rings. The van der Waals surface area contributed by atoms with Crippen molar-refractivity contribution < 1.29 is 0 Å². The second kappa shape index (κ2) is 6.18. The lowest BCUT2D eigenvalue weighted by molar-refractivity contribution is 0.264. The molecule has 152 valence electrons. The first kappa shape index (κ1) is 17.7. The lowest BCUT2D eigenvalue weighted by Crippen LogP contribution is -2.43. The molecule has 0 amide bonds. The number of nitrogens with zero attached hydrogens (tertiary/aromatic N) is 6. The first-order valence-electron chi connectivity index (χ1n) is 10.5. The number of nitrogens with one attached hydrogen (secondary N) is 1. The highest BCUT2D eigenvalue weighted by molar-refractivity contribution is 5.79. The van der Waals surface area contributed by atoms with E-state index in [0.717, 1.165) is 47.7 Å². The summed E-state index contributed by atoms with van der Waals surface area (Å²) in [5, 5.41) is 13.4. The maximum atomic E-state index is 13.2. The Bertz CT molecular complexity index is 1370. The average Bonchev–Trinajstić information content (AvgIpc) is 3.35. The Labute approximate surface area is 173 Å². The molecule has 4 aromatic heterocycles. The fourth-order valence-electron chi connectivity index (χ4n) is 4.69. The third-order valence-corrected chi connectivity index (χ3v) is 6.46. The standard InChI is InChI=1S/C22H23N7O/c1-13-9-18(27-28-12-14(2)25-20(13)28)17-4-3-16-19(26-17)11-24-29(21(16)30)15-5-8-23-22(10-15)6-7-22/h3-4,9,11-12,15,23H,5-8,10H2,1-2H3. The summed E-state index contributed by atoms with van der Waals surface area (Å²) in [7, 11) is 0. The van der Waals surface area contributed by atoms with E-state index in [4.69, 9.17) is 4.98 Å². The molecule has 1 aliphatic carbocycles. The molecular formula is C22H23N7O. The Morgan fingerprint density at radius 1 is 1.17 bits per heavy atom. The highest BCUT2D eigenvalue weighted by Gasteiger charge is 2.46. The van der Waals surface area contributed by atoms with E-state index in [0.29, 0.717) is 10.9 Å². The fourth-order valence-corrected chi connectivity index (χ4v) is 4.69. The number of hydrogen-bond donors (Lipinski definition) is 1. The Balaban J connectivity index is 1.41. The summed E-state index contributed by atoms with van der Waals surface area (Å²) in [5.74, 6) is 0. The maximum absolute atomic E-state index is 13.2. The van der Waals surface area contributed by atoms with Gasteiger partial charge in [-0.25, -0.2) is 19.2 Å². The summed E-state index contributed by atoms with van der Waals surface area (Å²) in [5.41, 5.74) is 5.05. The second-order valence-corrected chi connectivity index (χ2v) is 8.74. The van der Waals surface area contributed by atoms with E-state index in [1.807, 2.05) is 38.2 Å². The molecule has 1 aliphatic heterocycles. The predicted octanol–water partition coefficient (Wildman–Crippen LogP) is 2.58. The molecule has 30 heavy (non-hydrogen) atoms. The van der Waals surface area contributed by atoms with Crippen molar-refractivity contribution in [1.82, 2.24) is 34.7 Å². The Hall–Kier alpha value is -3.13. The zero-order valence-corrected chi connectivity index (χ0v) is 17.1. The molecule has 5 heterocycles. The van der Waals surface area contributed by atoms with Crippen molar-refractivity contribution >= 4 is 16.6 Å². The molecule has 1 spiro atoms. The summed E-state index contributed by atoms with van der Waals surface area (Å²) in [4.78, 5) is 22.4. The van der Waals surface area contributed by atoms with Gasteiger partial charge in [0, 0.05) is 5.54 Å². The predicted molar refractivity (Wildman–Crippen MR) is 113 cm³/mol. The Morgan fingerprint density at radius 3 is 2.87 bits per heavy atom. The molecule has 0 aromatic carbocycles. The van der Waals surface area contributed by atoms with Gasteiger partial charge in [-0.1, -0.05) is 0 Å². The van der Waals surface area contributed by atoms with E-state index in [9.17, 15) is 4.79 Å². The van der Waals surface area contributed by atoms with Crippen LogP contribution >= 0.6 is 0 Å². The minimum absolute atomic E-state index is 0.0564. The van der Waals surface area contributed by atoms with Crippen molar-refractivity contribution in [1.29, 1.82) is 0 Å². The van der Waals surface area contributed by atoms with Gasteiger partial charge in [0.05, 0.1) is 40.7 Å². The molecule has 1 N–H and O–H groups in total. The van der Waals surface area contributed by atoms with Gasteiger partial charge in [-0.2, -0.15) is 10.2 Å². The Morgan fingerprint density at radius 2 is 2.03 bits per heavy atom. The zero-order chi connectivity index (χ0) is 20.5. The molecule has 2 aliphatic rings. The van der Waals surface area contributed by atoms with Crippen molar-refractivity contribution in [2.24, 2.45) is 0 Å². The average molecular weight is 401 g/mol. The summed E-state index contributed by atoms with van der Waals surface area (Å²) in [6.07, 6.45) is 7.92. The first-order chi connectivity index (χ1) is 14.5. The van der Waals surface area contributed by atoms with E-state index < -0.39 is 0 Å². The van der Waals surface area contributed by atoms with Crippen molar-refractivity contribution in [2.45, 2.75) is 51.1 Å². The normalized spacial score (nSPS) is 20.3. The van der Waals surface area contributed by atoms with Gasteiger partial charge in [0.1, 0.15) is 5.69 Å². The number of piperidine rings is 1. The van der Waals surface area contributed by atoms with E-state index in [1.165, 1.54) is 12.8 Å². The topological polar surface area (TPSA) is 90.0 Å². The molecule has 0 radical (unpaired) electrons. The van der Waals surface area contributed by atoms with Crippen LogP contribution in [-0.4, -0.2) is 41.4 Å². The molecule has 6 rings (SSSR count). The first-order valence-corrected chi connectivity index (χ1v) is 10.5. The zero-order valence-electron chi connectivity index (χ0n) is 17.1. The van der Waals surface area contributed by atoms with Gasteiger partial charge in [0.15, 0.2) is 5.65 Å². The van der Waals surface area contributed by atoms with Crippen LogP contribution in [0.25, 0.3) is 27.9 Å². The van der Waals surface area contributed by atoms with Gasteiger partial charge in [0.2, 0.25) is 0 Å². The number of hydrogen-bond acceptors (Lipinski definition) is 6. The van der Waals surface area contributed by atoms with Crippen LogP contribution in [0.5, 0.6) is 0 Å². The van der Waals surface area contributed by atoms with E-state index >= 15 is 0 Å². The molecule has 1 unspecified atom stereocenters. The van der Waals surface area contributed by atoms with Gasteiger partial charge in [0.25, 0.3) is 5.56 Å². The van der Waals surface area contributed by atoms with Crippen LogP contribution in [0.2, 0.25) is 0 Å². The van der Waals surface area contributed by atoms with Gasteiger partial charge < -0.3 is 5.32 Å². The summed E-state index contributed by atoms with van der Waals surface area (Å²) in [6.45, 7) is 4.90. The van der Waals surface area contributed by atoms with E-state index in [1.54, 1.807) is 15.4 Å². The van der Waals surface area contributed by atoms with Crippen LogP contribution < -0.4 is 10.9 Å². The van der Waals surface area contributed by atoms with Crippen molar-refractivity contribution in [3.63, 3.8) is 0 Å². The molecule has 8 heteroatoms. The van der Waals surface area contributed by atoms with Crippen molar-refractivity contribution in [3.8, 4) is 11.4 Å². The van der Waals surface area contributed by atoms with Crippen LogP contribution in [-0.2, 0) is 0 Å². The number of aromatic nitrogens is 6. The van der Waals surface area contributed by atoms with Crippen LogP contribution in [0.1, 0.15) is 43.0 Å². The van der Waals surface area contributed by atoms with E-state index in [-0.39, 0.29) is 17.1 Å². The number of rotatable bonds is 2. The van der Waals surface area contributed by atoms with Crippen LogP contribution in [0.15, 0.2) is 35.4 Å². The fraction of sp³-hybridized carbons (Fsp3) is 0.409. The highest BCUT2D eigenvalue weighted by Crippen LogP contribution is 2.44. The van der Waals surface area contributed by atoms with Gasteiger partial charge in [-0.3, -0.25) is 4.79 Å². The number of aryl methyl sites for hydroxylation is 2. The highest BCUT2D eigenvalue weighted by atomic mass is 16.1. The molecule has 1 saturated carbocycles. The maximum Gasteiger partial charge on any atom is 0.276 e. The largest absolute Gasteiger partial charge is 0.311 e. The summed E-state index contributed by atoms with van der Waals surface area (Å²) < 4.78 is 3.46. The van der Waals surface area contributed by atoms with Gasteiger partial charge >= 0.3 is 0 Å². The van der Waals surface area contributed by atoms with E-state index in [2.05, 4.69) is 20.5 Å². The monoisotopic (exact) mass is 401 g/mol. The number of imidazole rings is 1. The molecule has 1 atom stereocenters. The second-order valence-electron chi connectivity index (χ2n) is 8.74. The third kappa shape index (κ3) is 2.74. The minimum atomic E-state index is -0.0564. The SMILES string of the molecule is Cc1cn2nc(-c3ccc4c(=O)n(C5CCNC6(CC6)C5)ncc4n3)cc(C)c2n1. The molecule has 8 nitrogen and oxygen atoms in total. The molecule has 0 bridgehead atoms. The van der Waals surface area contributed by atoms with Gasteiger partial charge in [-0.05, 0) is 69.8 Å². The quantitative estimate of drug-likeness (QED) is 0.555. The minimum Gasteiger partial charge on any atom is -0.311 e. The lowest BCUT2D eigenvalue weighted by atomic mass is 9.97. The molecular weight excluding hydrogens is 378 g/mol.